The number of carbonyl (C=O) groups is 2. The highest BCUT2D eigenvalue weighted by atomic mass is 32.2. The summed E-state index contributed by atoms with van der Waals surface area (Å²) in [7, 11) is -4.60. The molecule has 0 amide bonds. The number of allylic oxidation sites excluding steroid dienone is 8. The average Bonchev–Trinajstić information content (AvgIpc) is 3.17. The molecule has 0 aromatic carbocycles. The quantitative estimate of drug-likeness (QED) is 0.0207. The maximum atomic E-state index is 12.8. The van der Waals surface area contributed by atoms with Crippen LogP contribution in [0.25, 0.3) is 0 Å². The van der Waals surface area contributed by atoms with Crippen LogP contribution in [0, 0.1) is 0 Å². The molecule has 1 rings (SSSR count). The van der Waals surface area contributed by atoms with E-state index in [-0.39, 0.29) is 19.4 Å². The van der Waals surface area contributed by atoms with Crippen LogP contribution in [0.4, 0.5) is 0 Å². The maximum Gasteiger partial charge on any atom is 0.306 e. The maximum absolute atomic E-state index is 12.8. The zero-order chi connectivity index (χ0) is 42.0. The first-order valence-corrected chi connectivity index (χ1v) is 23.3. The van der Waals surface area contributed by atoms with Gasteiger partial charge in [-0.1, -0.05) is 127 Å². The fourth-order valence-electron chi connectivity index (χ4n) is 6.27. The highest BCUT2D eigenvalue weighted by Crippen LogP contribution is 2.24. The number of aliphatic hydroxyl groups excluding tert-OH is 3. The minimum Gasteiger partial charge on any atom is -0.462 e. The molecule has 0 bridgehead atoms. The Morgan fingerprint density at radius 2 is 1.11 bits per heavy atom. The third-order valence-corrected chi connectivity index (χ3v) is 10.4. The Morgan fingerprint density at radius 3 is 1.67 bits per heavy atom. The lowest BCUT2D eigenvalue weighted by Gasteiger charge is -2.40. The number of rotatable bonds is 35. The summed E-state index contributed by atoms with van der Waals surface area (Å²) in [6, 6.07) is 0. The SMILES string of the molecule is CC/C=C/C/C=C/C/C=C/CCCCCCCC(=O)O[C@H](COC(=O)CCCCCCC/C=C/CCCCCCC)CO[C@H]1O[C@H](CS(=O)(=O)O)[C@@H](O)C(O)C1O. The molecule has 1 heterocycles. The van der Waals surface area contributed by atoms with Crippen LogP contribution in [-0.2, 0) is 38.7 Å². The van der Waals surface area contributed by atoms with Crippen LogP contribution in [0.2, 0.25) is 0 Å². The van der Waals surface area contributed by atoms with E-state index in [2.05, 4.69) is 62.5 Å². The van der Waals surface area contributed by atoms with Crippen molar-refractivity contribution in [3.8, 4) is 0 Å². The van der Waals surface area contributed by atoms with Gasteiger partial charge in [0.15, 0.2) is 12.4 Å². The summed E-state index contributed by atoms with van der Waals surface area (Å²) in [6.07, 6.45) is 30.1. The molecule has 12 nitrogen and oxygen atoms in total. The van der Waals surface area contributed by atoms with Crippen molar-refractivity contribution in [1.82, 2.24) is 0 Å². The largest absolute Gasteiger partial charge is 0.462 e. The van der Waals surface area contributed by atoms with Crippen molar-refractivity contribution in [3.63, 3.8) is 0 Å². The van der Waals surface area contributed by atoms with Crippen LogP contribution in [-0.4, -0.2) is 96.0 Å². The van der Waals surface area contributed by atoms with E-state index >= 15 is 0 Å². The molecule has 2 unspecified atom stereocenters. The standard InChI is InChI=1S/C44H76O12S/c1-3-5-7-9-11-13-15-17-19-21-23-25-27-29-31-33-40(46)55-37(35-54-44-43(49)42(48)41(47)38(56-44)36-57(50,51)52)34-53-39(45)32-30-28-26-24-22-20-18-16-14-12-10-8-6-4-2/h5,7,11,13,16-19,37-38,41-44,47-49H,3-4,6,8-10,12,14-15,20-36H2,1-2H3,(H,50,51,52)/b7-5+,13-11+,18-16+,19-17+/t37-,38-,41-,42?,43?,44+/m1/s1. The molecule has 13 heteroatoms. The second-order valence-electron chi connectivity index (χ2n) is 15.0. The van der Waals surface area contributed by atoms with Gasteiger partial charge in [0, 0.05) is 12.8 Å². The normalized spacial score (nSPS) is 21.0. The fraction of sp³-hybridized carbons (Fsp3) is 0.773. The van der Waals surface area contributed by atoms with Crippen LogP contribution in [0.5, 0.6) is 0 Å². The third kappa shape index (κ3) is 29.5. The van der Waals surface area contributed by atoms with E-state index in [0.717, 1.165) is 89.9 Å². The first-order chi connectivity index (χ1) is 27.5. The fourth-order valence-corrected chi connectivity index (χ4v) is 6.96. The Balaban J connectivity index is 2.49. The summed E-state index contributed by atoms with van der Waals surface area (Å²) in [5, 5.41) is 30.8. The summed E-state index contributed by atoms with van der Waals surface area (Å²) < 4.78 is 54.0. The van der Waals surface area contributed by atoms with E-state index in [1.807, 2.05) is 0 Å². The molecule has 57 heavy (non-hydrogen) atoms. The van der Waals surface area contributed by atoms with Crippen LogP contribution in [0.3, 0.4) is 0 Å². The van der Waals surface area contributed by atoms with Crippen LogP contribution in [0.15, 0.2) is 48.6 Å². The molecule has 0 aromatic rings. The molecule has 0 aliphatic carbocycles. The van der Waals surface area contributed by atoms with Crippen molar-refractivity contribution < 1.29 is 56.8 Å². The Hall–Kier alpha value is -2.39. The minimum absolute atomic E-state index is 0.142. The molecular formula is C44H76O12S. The van der Waals surface area contributed by atoms with E-state index in [1.165, 1.54) is 32.1 Å². The van der Waals surface area contributed by atoms with Gasteiger partial charge in [0.2, 0.25) is 0 Å². The highest BCUT2D eigenvalue weighted by molar-refractivity contribution is 7.85. The number of aliphatic hydroxyl groups is 3. The lowest BCUT2D eigenvalue weighted by molar-refractivity contribution is -0.297. The van der Waals surface area contributed by atoms with E-state index in [4.69, 9.17) is 18.9 Å². The zero-order valence-electron chi connectivity index (χ0n) is 34.9. The van der Waals surface area contributed by atoms with Gasteiger partial charge in [0.1, 0.15) is 36.8 Å². The second-order valence-corrected chi connectivity index (χ2v) is 16.5. The molecule has 6 atom stereocenters. The molecule has 0 spiro atoms. The van der Waals surface area contributed by atoms with E-state index in [1.54, 1.807) is 0 Å². The van der Waals surface area contributed by atoms with Crippen LogP contribution < -0.4 is 0 Å². The van der Waals surface area contributed by atoms with Crippen molar-refractivity contribution in [2.75, 3.05) is 19.0 Å². The smallest absolute Gasteiger partial charge is 0.306 e. The Bertz CT molecular complexity index is 1250. The van der Waals surface area contributed by atoms with E-state index < -0.39 is 71.2 Å². The monoisotopic (exact) mass is 829 g/mol. The van der Waals surface area contributed by atoms with Gasteiger partial charge in [0.05, 0.1) is 6.61 Å². The lowest BCUT2D eigenvalue weighted by Crippen LogP contribution is -2.60. The molecule has 1 saturated heterocycles. The predicted molar refractivity (Wildman–Crippen MR) is 224 cm³/mol. The Morgan fingerprint density at radius 1 is 0.614 bits per heavy atom. The Kier molecular flexibility index (Phi) is 31.8. The lowest BCUT2D eigenvalue weighted by atomic mass is 10.00. The van der Waals surface area contributed by atoms with Gasteiger partial charge in [0.25, 0.3) is 10.1 Å². The molecule has 1 aliphatic heterocycles. The van der Waals surface area contributed by atoms with E-state index in [9.17, 15) is 37.9 Å². The number of esters is 2. The van der Waals surface area contributed by atoms with Crippen LogP contribution in [0.1, 0.15) is 162 Å². The number of hydrogen-bond acceptors (Lipinski definition) is 11. The predicted octanol–water partition coefficient (Wildman–Crippen LogP) is 8.39. The summed E-state index contributed by atoms with van der Waals surface area (Å²) in [4.78, 5) is 25.3. The molecule has 1 aliphatic rings. The first kappa shape index (κ1) is 52.6. The molecular weight excluding hydrogens is 753 g/mol. The minimum atomic E-state index is -4.60. The van der Waals surface area contributed by atoms with Gasteiger partial charge >= 0.3 is 11.9 Å². The molecule has 1 fully saturated rings. The van der Waals surface area contributed by atoms with Gasteiger partial charge < -0.3 is 34.3 Å². The van der Waals surface area contributed by atoms with Crippen molar-refractivity contribution in [3.05, 3.63) is 48.6 Å². The van der Waals surface area contributed by atoms with Gasteiger partial charge in [-0.05, 0) is 70.6 Å². The third-order valence-electron chi connectivity index (χ3n) is 9.64. The van der Waals surface area contributed by atoms with Gasteiger partial charge in [-0.15, -0.1) is 0 Å². The molecule has 330 valence electrons. The number of carbonyl (C=O) groups excluding carboxylic acids is 2. The van der Waals surface area contributed by atoms with Gasteiger partial charge in [-0.2, -0.15) is 8.42 Å². The topological polar surface area (TPSA) is 186 Å². The summed E-state index contributed by atoms with van der Waals surface area (Å²) in [5.41, 5.74) is 0. The van der Waals surface area contributed by atoms with Gasteiger partial charge in [-0.3, -0.25) is 14.1 Å². The molecule has 4 N–H and O–H groups in total. The zero-order valence-corrected chi connectivity index (χ0v) is 35.7. The Labute approximate surface area is 343 Å². The number of hydrogen-bond donors (Lipinski definition) is 4. The van der Waals surface area contributed by atoms with Crippen molar-refractivity contribution >= 4 is 22.1 Å². The van der Waals surface area contributed by atoms with E-state index in [0.29, 0.717) is 12.8 Å². The molecule has 0 aromatic heterocycles. The number of ether oxygens (including phenoxy) is 4. The first-order valence-electron chi connectivity index (χ1n) is 21.7. The van der Waals surface area contributed by atoms with Crippen LogP contribution >= 0.6 is 0 Å². The molecule has 0 radical (unpaired) electrons. The number of unbranched alkanes of at least 4 members (excludes halogenated alkanes) is 15. The summed E-state index contributed by atoms with van der Waals surface area (Å²) in [5.74, 6) is -2.02. The van der Waals surface area contributed by atoms with Crippen molar-refractivity contribution in [1.29, 1.82) is 0 Å². The van der Waals surface area contributed by atoms with Crippen molar-refractivity contribution in [2.45, 2.75) is 198 Å². The van der Waals surface area contributed by atoms with Gasteiger partial charge in [-0.25, -0.2) is 0 Å². The molecule has 0 saturated carbocycles. The highest BCUT2D eigenvalue weighted by Gasteiger charge is 2.46. The second kappa shape index (κ2) is 34.5. The van der Waals surface area contributed by atoms with Crippen molar-refractivity contribution in [2.24, 2.45) is 0 Å². The average molecular weight is 829 g/mol. The summed E-state index contributed by atoms with van der Waals surface area (Å²) in [6.45, 7) is 3.60. The summed E-state index contributed by atoms with van der Waals surface area (Å²) >= 11 is 0.